The van der Waals surface area contributed by atoms with Crippen LogP contribution in [0, 0.1) is 11.8 Å². The first-order valence-electron chi connectivity index (χ1n) is 7.40. The number of carbonyl (C=O) groups is 1. The summed E-state index contributed by atoms with van der Waals surface area (Å²) in [6, 6.07) is 5.45. The van der Waals surface area contributed by atoms with Gasteiger partial charge in [-0.25, -0.2) is 0 Å². The molecule has 1 amide bonds. The molecule has 0 radical (unpaired) electrons. The van der Waals surface area contributed by atoms with Gasteiger partial charge in [-0.3, -0.25) is 4.79 Å². The molecule has 21 heavy (non-hydrogen) atoms. The Morgan fingerprint density at radius 3 is 2.05 bits per heavy atom. The van der Waals surface area contributed by atoms with Gasteiger partial charge in [0.2, 0.25) is 0 Å². The van der Waals surface area contributed by atoms with E-state index in [4.69, 9.17) is 9.47 Å². The van der Waals surface area contributed by atoms with Crippen LogP contribution in [0.25, 0.3) is 0 Å². The van der Waals surface area contributed by atoms with Crippen molar-refractivity contribution in [3.05, 3.63) is 35.9 Å². The van der Waals surface area contributed by atoms with Gasteiger partial charge >= 0.3 is 0 Å². The van der Waals surface area contributed by atoms with Crippen molar-refractivity contribution in [3.63, 3.8) is 0 Å². The zero-order valence-corrected chi connectivity index (χ0v) is 12.5. The first kappa shape index (κ1) is 14.0. The van der Waals surface area contributed by atoms with Crippen molar-refractivity contribution in [1.82, 2.24) is 4.90 Å². The van der Waals surface area contributed by atoms with Gasteiger partial charge in [0.05, 0.1) is 14.2 Å². The van der Waals surface area contributed by atoms with E-state index in [9.17, 15) is 4.79 Å². The van der Waals surface area contributed by atoms with Gasteiger partial charge in [-0.2, -0.15) is 0 Å². The third-order valence-electron chi connectivity index (χ3n) is 4.55. The highest BCUT2D eigenvalue weighted by atomic mass is 16.5. The van der Waals surface area contributed by atoms with Gasteiger partial charge in [-0.15, -0.1) is 0 Å². The number of methoxy groups -OCH3 is 2. The standard InChI is InChI=1S/C17H21NO3/c1-20-14-8-5-9-15(21-2)16(14)17(19)18-10-12-6-3-4-7-13(12)11-18/h3-5,8-9,12-13H,6-7,10-11H2,1-2H3. The van der Waals surface area contributed by atoms with Crippen LogP contribution >= 0.6 is 0 Å². The van der Waals surface area contributed by atoms with Crippen LogP contribution in [0.3, 0.4) is 0 Å². The quantitative estimate of drug-likeness (QED) is 0.802. The molecule has 3 rings (SSSR count). The summed E-state index contributed by atoms with van der Waals surface area (Å²) in [4.78, 5) is 14.8. The first-order valence-corrected chi connectivity index (χ1v) is 7.40. The number of likely N-dealkylation sites (tertiary alicyclic amines) is 1. The smallest absolute Gasteiger partial charge is 0.261 e. The molecule has 1 aromatic rings. The van der Waals surface area contributed by atoms with Crippen LogP contribution in [0.4, 0.5) is 0 Å². The Kier molecular flexibility index (Phi) is 3.86. The lowest BCUT2D eigenvalue weighted by Crippen LogP contribution is -2.29. The van der Waals surface area contributed by atoms with Crippen molar-refractivity contribution in [2.24, 2.45) is 11.8 Å². The molecule has 1 aromatic carbocycles. The second-order valence-corrected chi connectivity index (χ2v) is 5.71. The fourth-order valence-corrected chi connectivity index (χ4v) is 3.40. The molecule has 1 aliphatic carbocycles. The average Bonchev–Trinajstić information content (AvgIpc) is 2.97. The van der Waals surface area contributed by atoms with E-state index in [1.807, 2.05) is 11.0 Å². The predicted octanol–water partition coefficient (Wildman–Crippen LogP) is 2.74. The SMILES string of the molecule is COc1cccc(OC)c1C(=O)N1CC2CC=CCC2C1. The molecule has 0 N–H and O–H groups in total. The lowest BCUT2D eigenvalue weighted by atomic mass is 9.86. The summed E-state index contributed by atoms with van der Waals surface area (Å²) >= 11 is 0. The normalized spacial score (nSPS) is 23.8. The Morgan fingerprint density at radius 1 is 1.05 bits per heavy atom. The Hall–Kier alpha value is -1.97. The lowest BCUT2D eigenvalue weighted by Gasteiger charge is -2.19. The van der Waals surface area contributed by atoms with Crippen molar-refractivity contribution in [3.8, 4) is 11.5 Å². The van der Waals surface area contributed by atoms with Crippen LogP contribution in [0.2, 0.25) is 0 Å². The molecule has 1 heterocycles. The number of rotatable bonds is 3. The lowest BCUT2D eigenvalue weighted by molar-refractivity contribution is 0.0777. The molecule has 2 aliphatic rings. The van der Waals surface area contributed by atoms with Gasteiger partial charge in [0.1, 0.15) is 17.1 Å². The highest BCUT2D eigenvalue weighted by Crippen LogP contribution is 2.36. The van der Waals surface area contributed by atoms with E-state index in [0.717, 1.165) is 25.9 Å². The minimum absolute atomic E-state index is 0.0127. The molecule has 4 nitrogen and oxygen atoms in total. The molecule has 112 valence electrons. The van der Waals surface area contributed by atoms with E-state index in [2.05, 4.69) is 12.2 Å². The zero-order valence-electron chi connectivity index (χ0n) is 12.5. The molecule has 0 saturated carbocycles. The summed E-state index contributed by atoms with van der Waals surface area (Å²) < 4.78 is 10.7. The average molecular weight is 287 g/mol. The molecule has 0 spiro atoms. The van der Waals surface area contributed by atoms with Gasteiger partial charge in [-0.1, -0.05) is 18.2 Å². The molecular formula is C17H21NO3. The van der Waals surface area contributed by atoms with Crippen LogP contribution in [0.1, 0.15) is 23.2 Å². The van der Waals surface area contributed by atoms with Crippen LogP contribution < -0.4 is 9.47 Å². The van der Waals surface area contributed by atoms with Gasteiger partial charge in [0.25, 0.3) is 5.91 Å². The van der Waals surface area contributed by atoms with Crippen LogP contribution in [-0.2, 0) is 0 Å². The number of hydrogen-bond acceptors (Lipinski definition) is 3. The summed E-state index contributed by atoms with van der Waals surface area (Å²) in [6.07, 6.45) is 6.63. The molecule has 4 heteroatoms. The number of carbonyl (C=O) groups excluding carboxylic acids is 1. The number of amides is 1. The Balaban J connectivity index is 1.86. The Bertz CT molecular complexity index is 529. The molecular weight excluding hydrogens is 266 g/mol. The minimum Gasteiger partial charge on any atom is -0.496 e. The van der Waals surface area contributed by atoms with Crippen molar-refractivity contribution >= 4 is 5.91 Å². The number of allylic oxidation sites excluding steroid dienone is 2. The molecule has 2 atom stereocenters. The first-order chi connectivity index (χ1) is 10.2. The van der Waals surface area contributed by atoms with Crippen LogP contribution in [-0.4, -0.2) is 38.1 Å². The second-order valence-electron chi connectivity index (χ2n) is 5.71. The maximum Gasteiger partial charge on any atom is 0.261 e. The molecule has 1 fully saturated rings. The summed E-state index contributed by atoms with van der Waals surface area (Å²) in [5.41, 5.74) is 0.536. The maximum absolute atomic E-state index is 12.9. The highest BCUT2D eigenvalue weighted by Gasteiger charge is 2.36. The minimum atomic E-state index is 0.0127. The van der Waals surface area contributed by atoms with E-state index < -0.39 is 0 Å². The van der Waals surface area contributed by atoms with Gasteiger partial charge in [0.15, 0.2) is 0 Å². The third-order valence-corrected chi connectivity index (χ3v) is 4.55. The van der Waals surface area contributed by atoms with E-state index >= 15 is 0 Å². The highest BCUT2D eigenvalue weighted by molar-refractivity contribution is 6.00. The summed E-state index contributed by atoms with van der Waals surface area (Å²) in [5.74, 6) is 2.36. The maximum atomic E-state index is 12.9. The summed E-state index contributed by atoms with van der Waals surface area (Å²) in [5, 5.41) is 0. The van der Waals surface area contributed by atoms with E-state index in [1.165, 1.54) is 0 Å². The van der Waals surface area contributed by atoms with Crippen molar-refractivity contribution in [2.75, 3.05) is 27.3 Å². The van der Waals surface area contributed by atoms with Crippen molar-refractivity contribution in [2.45, 2.75) is 12.8 Å². The monoisotopic (exact) mass is 287 g/mol. The molecule has 0 aromatic heterocycles. The van der Waals surface area contributed by atoms with Crippen LogP contribution in [0.5, 0.6) is 11.5 Å². The number of fused-ring (bicyclic) bond motifs is 1. The summed E-state index contributed by atoms with van der Waals surface area (Å²) in [7, 11) is 3.17. The fraction of sp³-hybridized carbons (Fsp3) is 0.471. The fourth-order valence-electron chi connectivity index (χ4n) is 3.40. The van der Waals surface area contributed by atoms with Crippen molar-refractivity contribution in [1.29, 1.82) is 0 Å². The van der Waals surface area contributed by atoms with Gasteiger partial charge in [0, 0.05) is 13.1 Å². The van der Waals surface area contributed by atoms with Crippen molar-refractivity contribution < 1.29 is 14.3 Å². The third kappa shape index (κ3) is 2.50. The van der Waals surface area contributed by atoms with Crippen LogP contribution in [0.15, 0.2) is 30.4 Å². The van der Waals surface area contributed by atoms with E-state index in [-0.39, 0.29) is 5.91 Å². The topological polar surface area (TPSA) is 38.8 Å². The van der Waals surface area contributed by atoms with Gasteiger partial charge < -0.3 is 14.4 Å². The van der Waals surface area contributed by atoms with E-state index in [0.29, 0.717) is 28.9 Å². The summed E-state index contributed by atoms with van der Waals surface area (Å²) in [6.45, 7) is 1.66. The number of hydrogen-bond donors (Lipinski definition) is 0. The molecule has 1 aliphatic heterocycles. The largest absolute Gasteiger partial charge is 0.496 e. The molecule has 0 bridgehead atoms. The van der Waals surface area contributed by atoms with Gasteiger partial charge in [-0.05, 0) is 36.8 Å². The molecule has 2 unspecified atom stereocenters. The number of benzene rings is 1. The van der Waals surface area contributed by atoms with E-state index in [1.54, 1.807) is 26.4 Å². The Morgan fingerprint density at radius 2 is 1.57 bits per heavy atom. The zero-order chi connectivity index (χ0) is 14.8. The Labute approximate surface area is 125 Å². The number of ether oxygens (including phenoxy) is 2. The second kappa shape index (κ2) is 5.80. The number of nitrogens with zero attached hydrogens (tertiary/aromatic N) is 1. The predicted molar refractivity (Wildman–Crippen MR) is 80.8 cm³/mol. The molecule has 1 saturated heterocycles.